The lowest BCUT2D eigenvalue weighted by atomic mass is 9.89. The lowest BCUT2D eigenvalue weighted by Gasteiger charge is -2.24. The van der Waals surface area contributed by atoms with Crippen molar-refractivity contribution in [1.82, 2.24) is 9.97 Å². The molecule has 2 heterocycles. The molecule has 1 aliphatic heterocycles. The minimum Gasteiger partial charge on any atom is -0.370 e. The molecule has 6 nitrogen and oxygen atoms in total. The van der Waals surface area contributed by atoms with Crippen LogP contribution in [0, 0.1) is 5.41 Å². The first-order valence-electron chi connectivity index (χ1n) is 7.64. The van der Waals surface area contributed by atoms with Gasteiger partial charge in [-0.15, -0.1) is 0 Å². The fourth-order valence-electron chi connectivity index (χ4n) is 2.74. The number of carbonyl (C=O) groups excluding carboxylic acids is 1. The monoisotopic (exact) mass is 291 g/mol. The summed E-state index contributed by atoms with van der Waals surface area (Å²) in [5, 5.41) is 3.35. The number of hydrogen-bond acceptors (Lipinski definition) is 5. The molecular formula is C15H25N5O. The van der Waals surface area contributed by atoms with Gasteiger partial charge in [-0.1, -0.05) is 13.8 Å². The van der Waals surface area contributed by atoms with E-state index >= 15 is 0 Å². The number of nitrogens with zero attached hydrogens (tertiary/aromatic N) is 3. The molecule has 1 atom stereocenters. The van der Waals surface area contributed by atoms with Crippen LogP contribution in [0.25, 0.3) is 0 Å². The molecule has 0 spiro atoms. The van der Waals surface area contributed by atoms with Gasteiger partial charge in [-0.3, -0.25) is 4.79 Å². The van der Waals surface area contributed by atoms with Gasteiger partial charge in [0.25, 0.3) is 0 Å². The highest BCUT2D eigenvalue weighted by Gasteiger charge is 2.40. The molecule has 1 aromatic heterocycles. The first-order chi connectivity index (χ1) is 10.0. The highest BCUT2D eigenvalue weighted by Crippen LogP contribution is 2.34. The summed E-state index contributed by atoms with van der Waals surface area (Å²) in [4.78, 5) is 22.6. The number of nitrogens with one attached hydrogen (secondary N) is 1. The Morgan fingerprint density at radius 2 is 2.24 bits per heavy atom. The zero-order chi connectivity index (χ0) is 15.5. The third kappa shape index (κ3) is 3.09. The Morgan fingerprint density at radius 3 is 2.81 bits per heavy atom. The molecule has 0 saturated carbocycles. The largest absolute Gasteiger partial charge is 0.370 e. The second-order valence-corrected chi connectivity index (χ2v) is 5.90. The lowest BCUT2D eigenvalue weighted by molar-refractivity contribution is -0.125. The molecule has 0 aromatic carbocycles. The summed E-state index contributed by atoms with van der Waals surface area (Å²) in [7, 11) is 0. The molecular weight excluding hydrogens is 266 g/mol. The van der Waals surface area contributed by atoms with Gasteiger partial charge in [0.1, 0.15) is 18.0 Å². The van der Waals surface area contributed by atoms with Crippen molar-refractivity contribution >= 4 is 17.5 Å². The van der Waals surface area contributed by atoms with Crippen molar-refractivity contribution in [3.05, 3.63) is 11.9 Å². The second-order valence-electron chi connectivity index (χ2n) is 5.90. The molecule has 1 unspecified atom stereocenters. The SMILES string of the molecule is CCCNc1ncnc(N2CCC(C)(C(N)=O)C2)c1CC. The fourth-order valence-corrected chi connectivity index (χ4v) is 2.74. The fraction of sp³-hybridized carbons (Fsp3) is 0.667. The van der Waals surface area contributed by atoms with Crippen LogP contribution in [0.15, 0.2) is 6.33 Å². The van der Waals surface area contributed by atoms with E-state index in [1.165, 1.54) is 0 Å². The number of nitrogens with two attached hydrogens (primary N) is 1. The summed E-state index contributed by atoms with van der Waals surface area (Å²) in [6.45, 7) is 8.47. The molecule has 21 heavy (non-hydrogen) atoms. The van der Waals surface area contributed by atoms with Crippen molar-refractivity contribution in [2.45, 2.75) is 40.0 Å². The maximum absolute atomic E-state index is 11.6. The van der Waals surface area contributed by atoms with E-state index in [9.17, 15) is 4.79 Å². The molecule has 1 saturated heterocycles. The highest BCUT2D eigenvalue weighted by molar-refractivity contribution is 5.82. The van der Waals surface area contributed by atoms with E-state index in [0.717, 1.165) is 49.6 Å². The quantitative estimate of drug-likeness (QED) is 0.831. The zero-order valence-electron chi connectivity index (χ0n) is 13.1. The minimum atomic E-state index is -0.465. The van der Waals surface area contributed by atoms with Crippen LogP contribution < -0.4 is 16.0 Å². The Bertz CT molecular complexity index is 519. The maximum Gasteiger partial charge on any atom is 0.225 e. The molecule has 6 heteroatoms. The standard InChI is InChI=1S/C15H25N5O/c1-4-7-17-12-11(5-2)13(19-10-18-12)20-8-6-15(3,9-20)14(16)21/h10H,4-9H2,1-3H3,(H2,16,21)(H,17,18,19). The van der Waals surface area contributed by atoms with Crippen molar-refractivity contribution in [2.75, 3.05) is 29.9 Å². The van der Waals surface area contributed by atoms with Crippen LogP contribution in [0.4, 0.5) is 11.6 Å². The lowest BCUT2D eigenvalue weighted by Crippen LogP contribution is -2.37. The van der Waals surface area contributed by atoms with Gasteiger partial charge in [0, 0.05) is 25.2 Å². The van der Waals surface area contributed by atoms with Crippen LogP contribution in [-0.4, -0.2) is 35.5 Å². The predicted octanol–water partition coefficient (Wildman–Crippen LogP) is 1.56. The van der Waals surface area contributed by atoms with Crippen molar-refractivity contribution < 1.29 is 4.79 Å². The smallest absolute Gasteiger partial charge is 0.225 e. The number of carbonyl (C=O) groups is 1. The Hall–Kier alpha value is -1.85. The van der Waals surface area contributed by atoms with Gasteiger partial charge in [0.2, 0.25) is 5.91 Å². The van der Waals surface area contributed by atoms with Gasteiger partial charge in [-0.05, 0) is 26.2 Å². The van der Waals surface area contributed by atoms with E-state index < -0.39 is 5.41 Å². The first kappa shape index (κ1) is 15.5. The molecule has 1 aliphatic rings. The molecule has 1 aromatic rings. The summed E-state index contributed by atoms with van der Waals surface area (Å²) in [6, 6.07) is 0. The Balaban J connectivity index is 2.26. The average molecular weight is 291 g/mol. The number of amides is 1. The number of primary amides is 1. The molecule has 1 amide bonds. The number of rotatable bonds is 6. The third-order valence-electron chi connectivity index (χ3n) is 4.19. The van der Waals surface area contributed by atoms with Crippen LogP contribution >= 0.6 is 0 Å². The van der Waals surface area contributed by atoms with Gasteiger partial charge >= 0.3 is 0 Å². The van der Waals surface area contributed by atoms with Gasteiger partial charge in [-0.2, -0.15) is 0 Å². The van der Waals surface area contributed by atoms with Crippen molar-refractivity contribution in [2.24, 2.45) is 11.1 Å². The van der Waals surface area contributed by atoms with Crippen LogP contribution in [0.1, 0.15) is 39.2 Å². The molecule has 116 valence electrons. The summed E-state index contributed by atoms with van der Waals surface area (Å²) < 4.78 is 0. The molecule has 0 radical (unpaired) electrons. The van der Waals surface area contributed by atoms with Gasteiger partial charge in [-0.25, -0.2) is 9.97 Å². The van der Waals surface area contributed by atoms with E-state index in [0.29, 0.717) is 6.54 Å². The third-order valence-corrected chi connectivity index (χ3v) is 4.19. The van der Waals surface area contributed by atoms with E-state index in [1.54, 1.807) is 6.33 Å². The van der Waals surface area contributed by atoms with E-state index in [2.05, 4.69) is 34.0 Å². The van der Waals surface area contributed by atoms with E-state index in [-0.39, 0.29) is 5.91 Å². The Labute approximate surface area is 126 Å². The zero-order valence-corrected chi connectivity index (χ0v) is 13.1. The predicted molar refractivity (Wildman–Crippen MR) is 84.3 cm³/mol. The number of hydrogen-bond donors (Lipinski definition) is 2. The normalized spacial score (nSPS) is 21.6. The number of anilines is 2. The first-order valence-corrected chi connectivity index (χ1v) is 7.64. The van der Waals surface area contributed by atoms with Crippen LogP contribution in [-0.2, 0) is 11.2 Å². The average Bonchev–Trinajstić information content (AvgIpc) is 2.88. The van der Waals surface area contributed by atoms with E-state index in [1.807, 2.05) is 6.92 Å². The van der Waals surface area contributed by atoms with Gasteiger partial charge in [0.05, 0.1) is 5.41 Å². The summed E-state index contributed by atoms with van der Waals surface area (Å²) in [5.74, 6) is 1.59. The molecule has 0 bridgehead atoms. The minimum absolute atomic E-state index is 0.235. The van der Waals surface area contributed by atoms with Crippen molar-refractivity contribution in [1.29, 1.82) is 0 Å². The van der Waals surface area contributed by atoms with Crippen LogP contribution in [0.3, 0.4) is 0 Å². The molecule has 3 N–H and O–H groups in total. The van der Waals surface area contributed by atoms with Crippen LogP contribution in [0.2, 0.25) is 0 Å². The Morgan fingerprint density at radius 1 is 1.48 bits per heavy atom. The summed E-state index contributed by atoms with van der Waals surface area (Å²) in [6.07, 6.45) is 4.26. The highest BCUT2D eigenvalue weighted by atomic mass is 16.1. The van der Waals surface area contributed by atoms with E-state index in [4.69, 9.17) is 5.73 Å². The van der Waals surface area contributed by atoms with Crippen molar-refractivity contribution in [3.63, 3.8) is 0 Å². The molecule has 0 aliphatic carbocycles. The topological polar surface area (TPSA) is 84.1 Å². The van der Waals surface area contributed by atoms with Gasteiger partial charge in [0.15, 0.2) is 0 Å². The van der Waals surface area contributed by atoms with Crippen molar-refractivity contribution in [3.8, 4) is 0 Å². The summed E-state index contributed by atoms with van der Waals surface area (Å²) >= 11 is 0. The second kappa shape index (κ2) is 6.28. The van der Waals surface area contributed by atoms with Gasteiger partial charge < -0.3 is 16.0 Å². The van der Waals surface area contributed by atoms with Crippen LogP contribution in [0.5, 0.6) is 0 Å². The molecule has 2 rings (SSSR count). The summed E-state index contributed by atoms with van der Waals surface area (Å²) in [5.41, 5.74) is 6.17. The number of aromatic nitrogens is 2. The maximum atomic E-state index is 11.6. The Kier molecular flexibility index (Phi) is 4.65. The molecule has 1 fully saturated rings.